The maximum absolute atomic E-state index is 12.1. The number of Topliss-reactive ketones (excluding diaryl/α,β-unsaturated/α-hetero) is 2. The number of ketones is 2. The van der Waals surface area contributed by atoms with Crippen LogP contribution in [0.4, 0.5) is 0 Å². The molecule has 18 heavy (non-hydrogen) atoms. The van der Waals surface area contributed by atoms with Crippen LogP contribution in [0.15, 0.2) is 47.6 Å². The van der Waals surface area contributed by atoms with Gasteiger partial charge in [-0.3, -0.25) is 9.59 Å². The Morgan fingerprint density at radius 1 is 1.00 bits per heavy atom. The summed E-state index contributed by atoms with van der Waals surface area (Å²) in [5.41, 5.74) is 5.50. The molecule has 0 amide bonds. The highest BCUT2D eigenvalue weighted by atomic mass is 16.2. The number of hydrogen-bond acceptors (Lipinski definition) is 2. The molecule has 0 fully saturated rings. The van der Waals surface area contributed by atoms with Gasteiger partial charge in [-0.1, -0.05) is 36.4 Å². The van der Waals surface area contributed by atoms with E-state index in [9.17, 15) is 9.59 Å². The van der Waals surface area contributed by atoms with Crippen LogP contribution in [0, 0.1) is 0 Å². The first-order chi connectivity index (χ1) is 8.77. The normalized spacial score (nSPS) is 19.9. The van der Waals surface area contributed by atoms with Crippen LogP contribution in [0.5, 0.6) is 0 Å². The average molecular weight is 234 g/mol. The standard InChI is InChI=1S/C16H10O2/c17-15-11-5-1-3-9-7-8-10-4-2-6-12(16(15)18)14(10)13(9)11/h1-5,8H,6-7H2. The van der Waals surface area contributed by atoms with Crippen molar-refractivity contribution in [1.82, 2.24) is 0 Å². The van der Waals surface area contributed by atoms with E-state index in [1.165, 1.54) is 0 Å². The molecule has 1 aromatic carbocycles. The lowest BCUT2D eigenvalue weighted by Crippen LogP contribution is -2.27. The fourth-order valence-corrected chi connectivity index (χ4v) is 3.07. The Balaban J connectivity index is 2.16. The first-order valence-corrected chi connectivity index (χ1v) is 6.09. The Bertz CT molecular complexity index is 715. The highest BCUT2D eigenvalue weighted by Crippen LogP contribution is 2.43. The van der Waals surface area contributed by atoms with E-state index in [1.807, 2.05) is 18.2 Å². The van der Waals surface area contributed by atoms with Crippen LogP contribution in [0.3, 0.4) is 0 Å². The highest BCUT2D eigenvalue weighted by Gasteiger charge is 2.36. The van der Waals surface area contributed by atoms with Crippen LogP contribution in [-0.4, -0.2) is 11.6 Å². The molecular formula is C16H10O2. The smallest absolute Gasteiger partial charge is 0.233 e. The van der Waals surface area contributed by atoms with Gasteiger partial charge in [-0.05, 0) is 35.1 Å². The Hall–Kier alpha value is -2.22. The van der Waals surface area contributed by atoms with E-state index < -0.39 is 0 Å². The molecule has 0 N–H and O–H groups in total. The van der Waals surface area contributed by atoms with E-state index >= 15 is 0 Å². The van der Waals surface area contributed by atoms with Crippen molar-refractivity contribution in [2.45, 2.75) is 12.8 Å². The van der Waals surface area contributed by atoms with Gasteiger partial charge in [-0.2, -0.15) is 0 Å². The van der Waals surface area contributed by atoms with Gasteiger partial charge in [0.05, 0.1) is 0 Å². The Morgan fingerprint density at radius 2 is 1.89 bits per heavy atom. The quantitative estimate of drug-likeness (QED) is 0.647. The predicted molar refractivity (Wildman–Crippen MR) is 68.2 cm³/mol. The molecule has 0 unspecified atom stereocenters. The molecule has 1 aromatic rings. The summed E-state index contributed by atoms with van der Waals surface area (Å²) >= 11 is 0. The number of carbonyl (C=O) groups excluding carboxylic acids is 2. The number of carbonyl (C=O) groups is 2. The van der Waals surface area contributed by atoms with Gasteiger partial charge in [0.15, 0.2) is 0 Å². The van der Waals surface area contributed by atoms with Crippen LogP contribution < -0.4 is 0 Å². The van der Waals surface area contributed by atoms with Crippen molar-refractivity contribution < 1.29 is 9.59 Å². The first kappa shape index (κ1) is 9.77. The summed E-state index contributed by atoms with van der Waals surface area (Å²) < 4.78 is 0. The van der Waals surface area contributed by atoms with Crippen molar-refractivity contribution in [3.63, 3.8) is 0 Å². The summed E-state index contributed by atoms with van der Waals surface area (Å²) in [6.45, 7) is 0. The zero-order valence-electron chi connectivity index (χ0n) is 9.69. The second kappa shape index (κ2) is 3.16. The van der Waals surface area contributed by atoms with Gasteiger partial charge in [0.25, 0.3) is 0 Å². The van der Waals surface area contributed by atoms with E-state index in [4.69, 9.17) is 0 Å². The Morgan fingerprint density at radius 3 is 2.78 bits per heavy atom. The van der Waals surface area contributed by atoms with Crippen molar-refractivity contribution >= 4 is 17.1 Å². The predicted octanol–water partition coefficient (Wildman–Crippen LogP) is 2.65. The minimum atomic E-state index is -0.345. The molecule has 0 spiro atoms. The van der Waals surface area contributed by atoms with Crippen LogP contribution in [0.2, 0.25) is 0 Å². The number of benzene rings is 1. The molecule has 0 atom stereocenters. The second-order valence-electron chi connectivity index (χ2n) is 4.82. The van der Waals surface area contributed by atoms with Crippen molar-refractivity contribution in [2.75, 3.05) is 0 Å². The van der Waals surface area contributed by atoms with Gasteiger partial charge >= 0.3 is 0 Å². The summed E-state index contributed by atoms with van der Waals surface area (Å²) in [7, 11) is 0. The zero-order valence-corrected chi connectivity index (χ0v) is 9.69. The van der Waals surface area contributed by atoms with Crippen molar-refractivity contribution in [3.8, 4) is 0 Å². The van der Waals surface area contributed by atoms with Crippen LogP contribution in [-0.2, 0) is 11.2 Å². The zero-order chi connectivity index (χ0) is 12.3. The molecule has 0 aliphatic heterocycles. The number of rotatable bonds is 0. The Kier molecular flexibility index (Phi) is 1.72. The number of allylic oxidation sites excluding steroid dienone is 6. The molecule has 0 saturated carbocycles. The summed E-state index contributed by atoms with van der Waals surface area (Å²) in [4.78, 5) is 24.3. The van der Waals surface area contributed by atoms with Crippen LogP contribution in [0.1, 0.15) is 27.9 Å². The highest BCUT2D eigenvalue weighted by molar-refractivity contribution is 6.53. The van der Waals surface area contributed by atoms with Crippen molar-refractivity contribution in [3.05, 3.63) is 64.3 Å². The SMILES string of the molecule is O=C1C(=O)c2cccc3c2C2=C1CC=CC2=CC3. The fourth-order valence-electron chi connectivity index (χ4n) is 3.07. The molecule has 3 aliphatic rings. The van der Waals surface area contributed by atoms with E-state index in [0.717, 1.165) is 28.7 Å². The monoisotopic (exact) mass is 234 g/mol. The van der Waals surface area contributed by atoms with E-state index in [2.05, 4.69) is 12.2 Å². The van der Waals surface area contributed by atoms with Crippen molar-refractivity contribution in [1.29, 1.82) is 0 Å². The minimum Gasteiger partial charge on any atom is -0.285 e. The van der Waals surface area contributed by atoms with Crippen LogP contribution in [0.25, 0.3) is 5.57 Å². The fraction of sp³-hybridized carbons (Fsp3) is 0.125. The maximum Gasteiger partial charge on any atom is 0.233 e. The van der Waals surface area contributed by atoms with E-state index in [1.54, 1.807) is 6.07 Å². The summed E-state index contributed by atoms with van der Waals surface area (Å²) in [6, 6.07) is 5.67. The van der Waals surface area contributed by atoms with Gasteiger partial charge < -0.3 is 0 Å². The van der Waals surface area contributed by atoms with Gasteiger partial charge in [-0.15, -0.1) is 0 Å². The molecule has 4 rings (SSSR count). The third kappa shape index (κ3) is 1.03. The molecule has 3 aliphatic carbocycles. The lowest BCUT2D eigenvalue weighted by atomic mass is 9.72. The van der Waals surface area contributed by atoms with E-state index in [-0.39, 0.29) is 11.6 Å². The third-order valence-corrected chi connectivity index (χ3v) is 3.88. The van der Waals surface area contributed by atoms with Crippen molar-refractivity contribution in [2.24, 2.45) is 0 Å². The number of hydrogen-bond donors (Lipinski definition) is 0. The first-order valence-electron chi connectivity index (χ1n) is 6.09. The molecule has 2 nitrogen and oxygen atoms in total. The molecule has 0 radical (unpaired) electrons. The summed E-state index contributed by atoms with van der Waals surface area (Å²) in [5.74, 6) is -0.672. The van der Waals surface area contributed by atoms with E-state index in [0.29, 0.717) is 17.6 Å². The van der Waals surface area contributed by atoms with Gasteiger partial charge in [-0.25, -0.2) is 0 Å². The molecule has 0 aromatic heterocycles. The Labute approximate surface area is 104 Å². The average Bonchev–Trinajstić information content (AvgIpc) is 2.43. The molecule has 86 valence electrons. The largest absolute Gasteiger partial charge is 0.285 e. The molecule has 0 saturated heterocycles. The molecular weight excluding hydrogens is 224 g/mol. The maximum atomic E-state index is 12.1. The molecule has 2 heteroatoms. The summed E-state index contributed by atoms with van der Waals surface area (Å²) in [6.07, 6.45) is 7.57. The third-order valence-electron chi connectivity index (χ3n) is 3.88. The second-order valence-corrected chi connectivity index (χ2v) is 4.82. The van der Waals surface area contributed by atoms with Crippen LogP contribution >= 0.6 is 0 Å². The van der Waals surface area contributed by atoms with Gasteiger partial charge in [0.2, 0.25) is 11.6 Å². The minimum absolute atomic E-state index is 0.327. The molecule has 0 heterocycles. The topological polar surface area (TPSA) is 34.1 Å². The lowest BCUT2D eigenvalue weighted by molar-refractivity contribution is -0.111. The van der Waals surface area contributed by atoms with Gasteiger partial charge in [0.1, 0.15) is 0 Å². The van der Waals surface area contributed by atoms with Gasteiger partial charge in [0, 0.05) is 11.1 Å². The summed E-state index contributed by atoms with van der Waals surface area (Å²) in [5, 5.41) is 0. The lowest BCUT2D eigenvalue weighted by Gasteiger charge is -2.29. The molecule has 0 bridgehead atoms.